The van der Waals surface area contributed by atoms with Gasteiger partial charge in [0.15, 0.2) is 0 Å². The third-order valence-corrected chi connectivity index (χ3v) is 6.62. The van der Waals surface area contributed by atoms with Crippen LogP contribution in [-0.2, 0) is 11.2 Å². The molecule has 1 aliphatic heterocycles. The smallest absolute Gasteiger partial charge is 0.324 e. The molecule has 30 heavy (non-hydrogen) atoms. The number of ether oxygens (including phenoxy) is 1. The molecule has 2 N–H and O–H groups in total. The number of halogens is 1. The first kappa shape index (κ1) is 21.4. The Kier molecular flexibility index (Phi) is 7.16. The number of imide groups is 1. The summed E-state index contributed by atoms with van der Waals surface area (Å²) in [5.41, 5.74) is 2.64. The van der Waals surface area contributed by atoms with Crippen LogP contribution in [0.5, 0.6) is 5.75 Å². The summed E-state index contributed by atoms with van der Waals surface area (Å²) < 4.78 is 6.12. The first-order valence-electron chi connectivity index (χ1n) is 11.4. The van der Waals surface area contributed by atoms with Gasteiger partial charge in [-0.3, -0.25) is 10.1 Å². The van der Waals surface area contributed by atoms with Crippen LogP contribution in [0.15, 0.2) is 12.1 Å². The molecule has 1 saturated heterocycles. The molecule has 0 spiro atoms. The van der Waals surface area contributed by atoms with E-state index in [9.17, 15) is 9.59 Å². The van der Waals surface area contributed by atoms with Crippen LogP contribution in [0, 0.1) is 5.92 Å². The van der Waals surface area contributed by atoms with Gasteiger partial charge in [0.25, 0.3) is 0 Å². The Morgan fingerprint density at radius 3 is 2.73 bits per heavy atom. The maximum atomic E-state index is 11.5. The number of unbranched alkanes of at least 4 members (excludes halogenated alkanes) is 3. The molecular weight excluding hydrogens is 402 g/mol. The predicted molar refractivity (Wildman–Crippen MR) is 117 cm³/mol. The van der Waals surface area contributed by atoms with E-state index in [1.807, 2.05) is 6.07 Å². The van der Waals surface area contributed by atoms with Crippen LogP contribution >= 0.6 is 11.6 Å². The molecule has 1 saturated carbocycles. The summed E-state index contributed by atoms with van der Waals surface area (Å²) in [7, 11) is 0. The first-order chi connectivity index (χ1) is 14.6. The van der Waals surface area contributed by atoms with Crippen LogP contribution in [0.1, 0.15) is 68.5 Å². The number of carbonyl (C=O) groups excluding carboxylic acids is 2. The molecule has 1 heterocycles. The third kappa shape index (κ3) is 5.46. The number of hydrogen-bond donors (Lipinski definition) is 2. The highest BCUT2D eigenvalue weighted by Crippen LogP contribution is 2.41. The molecule has 1 atom stereocenters. The Morgan fingerprint density at radius 2 is 1.97 bits per heavy atom. The standard InChI is InChI=1S/C23H32ClN3O3/c24-19-11-10-17-18(22(19)30-15-16-8-9-16)6-5-7-20(17)25-12-3-1-2-4-13-27-14-21(28)26-23(27)29/h10-11,16,20,25H,1-9,12-15H2,(H,26,28,29)/t20-/m1/s1. The number of benzene rings is 1. The number of hydrogen-bond acceptors (Lipinski definition) is 4. The highest BCUT2D eigenvalue weighted by molar-refractivity contribution is 6.32. The summed E-state index contributed by atoms with van der Waals surface area (Å²) >= 11 is 6.46. The highest BCUT2D eigenvalue weighted by Gasteiger charge is 2.27. The van der Waals surface area contributed by atoms with E-state index in [-0.39, 0.29) is 18.5 Å². The van der Waals surface area contributed by atoms with Gasteiger partial charge in [-0.05, 0) is 69.0 Å². The van der Waals surface area contributed by atoms with E-state index in [4.69, 9.17) is 16.3 Å². The van der Waals surface area contributed by atoms with Gasteiger partial charge in [0, 0.05) is 18.2 Å². The Labute approximate surface area is 183 Å². The van der Waals surface area contributed by atoms with Crippen molar-refractivity contribution in [3.05, 3.63) is 28.3 Å². The number of nitrogens with one attached hydrogen (secondary N) is 2. The zero-order valence-electron chi connectivity index (χ0n) is 17.6. The fourth-order valence-electron chi connectivity index (χ4n) is 4.41. The first-order valence-corrected chi connectivity index (χ1v) is 11.8. The van der Waals surface area contributed by atoms with E-state index in [0.29, 0.717) is 12.6 Å². The maximum Gasteiger partial charge on any atom is 0.324 e. The lowest BCUT2D eigenvalue weighted by molar-refractivity contribution is -0.118. The number of nitrogens with zero attached hydrogens (tertiary/aromatic N) is 1. The number of rotatable bonds is 11. The van der Waals surface area contributed by atoms with Gasteiger partial charge in [-0.2, -0.15) is 0 Å². The van der Waals surface area contributed by atoms with Gasteiger partial charge >= 0.3 is 6.03 Å². The lowest BCUT2D eigenvalue weighted by atomic mass is 9.87. The molecule has 6 nitrogen and oxygen atoms in total. The summed E-state index contributed by atoms with van der Waals surface area (Å²) in [4.78, 5) is 24.3. The number of carbonyl (C=O) groups is 2. The van der Waals surface area contributed by atoms with Crippen molar-refractivity contribution >= 4 is 23.5 Å². The summed E-state index contributed by atoms with van der Waals surface area (Å²) in [5, 5.41) is 6.79. The van der Waals surface area contributed by atoms with E-state index in [1.54, 1.807) is 4.90 Å². The maximum absolute atomic E-state index is 11.5. The predicted octanol–water partition coefficient (Wildman–Crippen LogP) is 4.21. The number of fused-ring (bicyclic) bond motifs is 1. The summed E-state index contributed by atoms with van der Waals surface area (Å²) in [5.74, 6) is 1.44. The molecule has 164 valence electrons. The summed E-state index contributed by atoms with van der Waals surface area (Å²) in [6, 6.07) is 4.27. The topological polar surface area (TPSA) is 70.7 Å². The molecular formula is C23H32ClN3O3. The van der Waals surface area contributed by atoms with Crippen LogP contribution < -0.4 is 15.4 Å². The minimum atomic E-state index is -0.252. The van der Waals surface area contributed by atoms with Crippen molar-refractivity contribution in [2.45, 2.75) is 63.8 Å². The quantitative estimate of drug-likeness (QED) is 0.405. The molecule has 2 aliphatic carbocycles. The van der Waals surface area contributed by atoms with E-state index in [2.05, 4.69) is 16.7 Å². The van der Waals surface area contributed by atoms with Crippen LogP contribution in [0.3, 0.4) is 0 Å². The average Bonchev–Trinajstić information content (AvgIpc) is 3.50. The van der Waals surface area contributed by atoms with Crippen LogP contribution in [0.2, 0.25) is 5.02 Å². The second-order valence-corrected chi connectivity index (χ2v) is 9.19. The van der Waals surface area contributed by atoms with Crippen LogP contribution in [0.25, 0.3) is 0 Å². The SMILES string of the molecule is O=C1CN(CCCCCCN[C@@H]2CCCc3c2ccc(Cl)c3OCC2CC2)C(=O)N1. The Hall–Kier alpha value is -1.79. The molecule has 3 amide bonds. The molecule has 0 bridgehead atoms. The minimum absolute atomic E-state index is 0.195. The average molecular weight is 434 g/mol. The molecule has 7 heteroatoms. The van der Waals surface area contributed by atoms with E-state index < -0.39 is 0 Å². The third-order valence-electron chi connectivity index (χ3n) is 6.32. The summed E-state index contributed by atoms with van der Waals surface area (Å²) in [6.45, 7) is 2.64. The van der Waals surface area contributed by atoms with Crippen LogP contribution in [0.4, 0.5) is 4.79 Å². The van der Waals surface area contributed by atoms with Crippen LogP contribution in [-0.4, -0.2) is 43.1 Å². The van der Waals surface area contributed by atoms with Gasteiger partial charge < -0.3 is 15.0 Å². The molecule has 4 rings (SSSR count). The zero-order chi connectivity index (χ0) is 20.9. The van der Waals surface area contributed by atoms with Gasteiger partial charge in [0.05, 0.1) is 11.6 Å². The van der Waals surface area contributed by atoms with E-state index >= 15 is 0 Å². The van der Waals surface area contributed by atoms with Crippen molar-refractivity contribution in [1.82, 2.24) is 15.5 Å². The molecule has 1 aromatic carbocycles. The van der Waals surface area contributed by atoms with Gasteiger partial charge in [-0.15, -0.1) is 0 Å². The van der Waals surface area contributed by atoms with Gasteiger partial charge in [-0.25, -0.2) is 4.79 Å². The monoisotopic (exact) mass is 433 g/mol. The van der Waals surface area contributed by atoms with Gasteiger partial charge in [0.1, 0.15) is 12.3 Å². The van der Waals surface area contributed by atoms with Gasteiger partial charge in [-0.1, -0.05) is 30.5 Å². The van der Waals surface area contributed by atoms with E-state index in [1.165, 1.54) is 24.0 Å². The molecule has 2 fully saturated rings. The molecule has 1 aromatic rings. The largest absolute Gasteiger partial charge is 0.491 e. The minimum Gasteiger partial charge on any atom is -0.491 e. The summed E-state index contributed by atoms with van der Waals surface area (Å²) in [6.07, 6.45) is 10.1. The van der Waals surface area contributed by atoms with Crippen molar-refractivity contribution in [2.75, 3.05) is 26.2 Å². The normalized spacial score (nSPS) is 21.0. The Balaban J connectivity index is 1.19. The fourth-order valence-corrected chi connectivity index (χ4v) is 4.64. The second-order valence-electron chi connectivity index (χ2n) is 8.79. The lowest BCUT2D eigenvalue weighted by Crippen LogP contribution is -2.29. The molecule has 3 aliphatic rings. The second kappa shape index (κ2) is 10.0. The molecule has 0 unspecified atom stereocenters. The highest BCUT2D eigenvalue weighted by atomic mass is 35.5. The van der Waals surface area contributed by atoms with Gasteiger partial charge in [0.2, 0.25) is 5.91 Å². The fraction of sp³-hybridized carbons (Fsp3) is 0.652. The Bertz CT molecular complexity index is 781. The van der Waals surface area contributed by atoms with E-state index in [0.717, 1.165) is 74.8 Å². The Morgan fingerprint density at radius 1 is 1.13 bits per heavy atom. The van der Waals surface area contributed by atoms with Crippen molar-refractivity contribution in [3.63, 3.8) is 0 Å². The number of urea groups is 1. The zero-order valence-corrected chi connectivity index (χ0v) is 18.3. The van der Waals surface area contributed by atoms with Crippen molar-refractivity contribution in [3.8, 4) is 5.75 Å². The van der Waals surface area contributed by atoms with Crippen molar-refractivity contribution < 1.29 is 14.3 Å². The van der Waals surface area contributed by atoms with Crippen molar-refractivity contribution in [1.29, 1.82) is 0 Å². The molecule has 0 aromatic heterocycles. The number of amides is 3. The lowest BCUT2D eigenvalue weighted by Gasteiger charge is -2.28. The molecule has 0 radical (unpaired) electrons. The van der Waals surface area contributed by atoms with Crippen molar-refractivity contribution in [2.24, 2.45) is 5.92 Å².